The highest BCUT2D eigenvalue weighted by atomic mass is 15.1. The Morgan fingerprint density at radius 2 is 1.77 bits per heavy atom. The van der Waals surface area contributed by atoms with Crippen molar-refractivity contribution >= 4 is 10.8 Å². The van der Waals surface area contributed by atoms with Crippen molar-refractivity contribution in [3.05, 3.63) is 48.0 Å². The zero-order chi connectivity index (χ0) is 15.9. The highest BCUT2D eigenvalue weighted by Gasteiger charge is 2.25. The van der Waals surface area contributed by atoms with Crippen LogP contribution in [0.25, 0.3) is 10.8 Å². The third kappa shape index (κ3) is 4.58. The summed E-state index contributed by atoms with van der Waals surface area (Å²) < 4.78 is 0. The molecule has 1 aliphatic heterocycles. The van der Waals surface area contributed by atoms with Crippen LogP contribution in [0.4, 0.5) is 0 Å². The third-order valence-corrected chi connectivity index (χ3v) is 4.89. The van der Waals surface area contributed by atoms with Gasteiger partial charge in [0.15, 0.2) is 0 Å². The number of nitrogens with zero attached hydrogens (tertiary/aromatic N) is 1. The molecule has 0 N–H and O–H groups in total. The molecule has 0 saturated carbocycles. The molecular weight excluding hydrogens is 266 g/mol. The molecule has 1 heterocycles. The van der Waals surface area contributed by atoms with Crippen molar-refractivity contribution < 1.29 is 0 Å². The van der Waals surface area contributed by atoms with Crippen LogP contribution >= 0.6 is 0 Å². The van der Waals surface area contributed by atoms with Gasteiger partial charge >= 0.3 is 0 Å². The first-order valence-corrected chi connectivity index (χ1v) is 8.74. The molecule has 1 nitrogen and oxygen atoms in total. The van der Waals surface area contributed by atoms with Crippen LogP contribution in [0.2, 0.25) is 0 Å². The minimum Gasteiger partial charge on any atom is -0.306 e. The van der Waals surface area contributed by atoms with Crippen LogP contribution in [-0.2, 0) is 0 Å². The second-order valence-corrected chi connectivity index (χ2v) is 6.90. The molecule has 0 aliphatic carbocycles. The van der Waals surface area contributed by atoms with Crippen LogP contribution in [-0.4, -0.2) is 25.0 Å². The van der Waals surface area contributed by atoms with E-state index in [1.54, 1.807) is 0 Å². The summed E-state index contributed by atoms with van der Waals surface area (Å²) in [6, 6.07) is 14.8. The predicted molar refractivity (Wildman–Crippen MR) is 98.4 cm³/mol. The molecule has 0 spiro atoms. The van der Waals surface area contributed by atoms with Crippen molar-refractivity contribution in [2.24, 2.45) is 11.8 Å². The van der Waals surface area contributed by atoms with Crippen LogP contribution in [0.15, 0.2) is 42.5 Å². The van der Waals surface area contributed by atoms with Gasteiger partial charge in [-0.1, -0.05) is 69.2 Å². The molecule has 3 rings (SSSR count). The number of hydrogen-bond donors (Lipinski definition) is 0. The zero-order valence-corrected chi connectivity index (χ0v) is 14.7. The Balaban J connectivity index is 0.000000160. The second kappa shape index (κ2) is 8.33. The smallest absolute Gasteiger partial charge is 0.000975 e. The predicted octanol–water partition coefficient (Wildman–Crippen LogP) is 5.52. The molecule has 1 saturated heterocycles. The third-order valence-electron chi connectivity index (χ3n) is 4.89. The fraction of sp³-hybridized carbons (Fsp3) is 0.524. The van der Waals surface area contributed by atoms with Gasteiger partial charge in [-0.15, -0.1) is 0 Å². The van der Waals surface area contributed by atoms with Crippen LogP contribution in [0.5, 0.6) is 0 Å². The van der Waals surface area contributed by atoms with Crippen molar-refractivity contribution in [2.75, 3.05) is 20.1 Å². The first-order valence-electron chi connectivity index (χ1n) is 8.74. The van der Waals surface area contributed by atoms with Gasteiger partial charge in [0.1, 0.15) is 0 Å². The molecule has 2 aromatic carbocycles. The molecular formula is C21H31N. The number of rotatable bonds is 3. The first-order chi connectivity index (χ1) is 10.6. The topological polar surface area (TPSA) is 3.24 Å². The second-order valence-electron chi connectivity index (χ2n) is 6.90. The molecule has 1 aliphatic rings. The molecule has 0 bridgehead atoms. The van der Waals surface area contributed by atoms with Gasteiger partial charge in [0, 0.05) is 13.1 Å². The van der Waals surface area contributed by atoms with E-state index in [1.165, 1.54) is 48.7 Å². The summed E-state index contributed by atoms with van der Waals surface area (Å²) in [5, 5.41) is 2.68. The Morgan fingerprint density at radius 1 is 1.05 bits per heavy atom. The van der Waals surface area contributed by atoms with E-state index in [-0.39, 0.29) is 0 Å². The summed E-state index contributed by atoms with van der Waals surface area (Å²) >= 11 is 0. The van der Waals surface area contributed by atoms with E-state index in [0.29, 0.717) is 0 Å². The van der Waals surface area contributed by atoms with E-state index in [4.69, 9.17) is 0 Å². The maximum Gasteiger partial charge on any atom is 0.000975 e. The number of unbranched alkanes of at least 4 members (excludes halogenated alkanes) is 1. The van der Waals surface area contributed by atoms with E-state index in [1.807, 2.05) is 0 Å². The Morgan fingerprint density at radius 3 is 2.41 bits per heavy atom. The fourth-order valence-corrected chi connectivity index (χ4v) is 3.52. The van der Waals surface area contributed by atoms with Gasteiger partial charge in [0.05, 0.1) is 0 Å². The Bertz CT molecular complexity index is 570. The first kappa shape index (κ1) is 17.0. The lowest BCUT2D eigenvalue weighted by Gasteiger charge is -2.12. The van der Waals surface area contributed by atoms with Gasteiger partial charge in [-0.25, -0.2) is 0 Å². The van der Waals surface area contributed by atoms with E-state index in [2.05, 4.69) is 75.2 Å². The minimum absolute atomic E-state index is 0.937. The number of benzene rings is 2. The summed E-state index contributed by atoms with van der Waals surface area (Å²) in [6.45, 7) is 9.46. The summed E-state index contributed by atoms with van der Waals surface area (Å²) in [5.41, 5.74) is 1.35. The molecule has 2 aromatic rings. The molecule has 22 heavy (non-hydrogen) atoms. The largest absolute Gasteiger partial charge is 0.306 e. The van der Waals surface area contributed by atoms with Crippen molar-refractivity contribution in [1.82, 2.24) is 4.90 Å². The number of fused-ring (bicyclic) bond motifs is 1. The lowest BCUT2D eigenvalue weighted by molar-refractivity contribution is 0.382. The number of hydrogen-bond acceptors (Lipinski definition) is 1. The zero-order valence-electron chi connectivity index (χ0n) is 14.7. The average Bonchev–Trinajstić information content (AvgIpc) is 2.84. The fourth-order valence-electron chi connectivity index (χ4n) is 3.52. The summed E-state index contributed by atoms with van der Waals surface area (Å²) in [4.78, 5) is 2.46. The molecule has 0 aromatic heterocycles. The van der Waals surface area contributed by atoms with Crippen molar-refractivity contribution in [2.45, 2.75) is 40.0 Å². The summed E-state index contributed by atoms with van der Waals surface area (Å²) in [5.74, 6) is 1.92. The molecule has 1 fully saturated rings. The monoisotopic (exact) mass is 297 g/mol. The van der Waals surface area contributed by atoms with Crippen molar-refractivity contribution in [3.8, 4) is 0 Å². The molecule has 1 heteroatoms. The molecule has 0 amide bonds. The molecule has 2 atom stereocenters. The van der Waals surface area contributed by atoms with Gasteiger partial charge in [-0.05, 0) is 48.6 Å². The Hall–Kier alpha value is -1.34. The highest BCUT2D eigenvalue weighted by molar-refractivity contribution is 5.85. The van der Waals surface area contributed by atoms with Gasteiger partial charge in [0.25, 0.3) is 0 Å². The van der Waals surface area contributed by atoms with Crippen LogP contribution in [0, 0.1) is 18.8 Å². The number of likely N-dealkylation sites (tertiary alicyclic amines) is 1. The standard InChI is InChI=1S/C11H10.C10H21N/c1-9-5-4-7-10-6-2-3-8-11(9)10;1-4-5-6-10-8-11(3)7-9(10)2/h2-8H,1H3;9-10H,4-8H2,1-3H3. The average molecular weight is 297 g/mol. The van der Waals surface area contributed by atoms with E-state index < -0.39 is 0 Å². The van der Waals surface area contributed by atoms with E-state index in [0.717, 1.165) is 11.8 Å². The Kier molecular flexibility index (Phi) is 6.45. The Labute approximate surface area is 136 Å². The maximum absolute atomic E-state index is 2.46. The van der Waals surface area contributed by atoms with Gasteiger partial charge in [0.2, 0.25) is 0 Å². The minimum atomic E-state index is 0.937. The normalized spacial score (nSPS) is 21.6. The van der Waals surface area contributed by atoms with Crippen LogP contribution < -0.4 is 0 Å². The highest BCUT2D eigenvalue weighted by Crippen LogP contribution is 2.25. The lowest BCUT2D eigenvalue weighted by atomic mass is 9.93. The van der Waals surface area contributed by atoms with E-state index >= 15 is 0 Å². The van der Waals surface area contributed by atoms with Gasteiger partial charge < -0.3 is 4.90 Å². The van der Waals surface area contributed by atoms with Crippen LogP contribution in [0.3, 0.4) is 0 Å². The molecule has 120 valence electrons. The molecule has 0 radical (unpaired) electrons. The lowest BCUT2D eigenvalue weighted by Crippen LogP contribution is -2.13. The van der Waals surface area contributed by atoms with Crippen molar-refractivity contribution in [3.63, 3.8) is 0 Å². The number of aryl methyl sites for hydroxylation is 1. The van der Waals surface area contributed by atoms with Crippen LogP contribution in [0.1, 0.15) is 38.7 Å². The summed E-state index contributed by atoms with van der Waals surface area (Å²) in [6.07, 6.45) is 4.22. The quantitative estimate of drug-likeness (QED) is 0.720. The van der Waals surface area contributed by atoms with Crippen molar-refractivity contribution in [1.29, 1.82) is 0 Å². The molecule has 2 unspecified atom stereocenters. The summed E-state index contributed by atoms with van der Waals surface area (Å²) in [7, 11) is 2.24. The SMILES string of the molecule is CCCCC1CN(C)CC1C.Cc1cccc2ccccc12. The maximum atomic E-state index is 2.46. The van der Waals surface area contributed by atoms with E-state index in [9.17, 15) is 0 Å². The van der Waals surface area contributed by atoms with Gasteiger partial charge in [-0.3, -0.25) is 0 Å². The van der Waals surface area contributed by atoms with Gasteiger partial charge in [-0.2, -0.15) is 0 Å².